The molecule has 2 N–H and O–H groups in total. The van der Waals surface area contributed by atoms with Crippen LogP contribution in [0.1, 0.15) is 12.0 Å². The van der Waals surface area contributed by atoms with E-state index in [0.717, 1.165) is 5.82 Å². The van der Waals surface area contributed by atoms with E-state index in [-0.39, 0.29) is 25.5 Å². The molecule has 1 aromatic heterocycles. The predicted octanol–water partition coefficient (Wildman–Crippen LogP) is 3.36. The summed E-state index contributed by atoms with van der Waals surface area (Å²) in [5.41, 5.74) is 0.786. The number of amides is 3. The molecule has 0 unspecified atom stereocenters. The molecule has 0 radical (unpaired) electrons. The highest BCUT2D eigenvalue weighted by atomic mass is 19.3. The minimum atomic E-state index is -4.22. The summed E-state index contributed by atoms with van der Waals surface area (Å²) < 4.78 is 54.8. The number of alkyl halides is 4. The van der Waals surface area contributed by atoms with Crippen LogP contribution in [0.25, 0.3) is 0 Å². The first kappa shape index (κ1) is 26.2. The number of rotatable bonds is 10. The molecule has 0 bridgehead atoms. The van der Waals surface area contributed by atoms with Gasteiger partial charge in [-0.15, -0.1) is 0 Å². The summed E-state index contributed by atoms with van der Waals surface area (Å²) in [5.74, 6) is -3.41. The number of benzene rings is 1. The molecule has 2 heterocycles. The molecule has 2 aromatic rings. The van der Waals surface area contributed by atoms with Crippen molar-refractivity contribution in [2.75, 3.05) is 49.5 Å². The van der Waals surface area contributed by atoms with Gasteiger partial charge in [0.1, 0.15) is 12.4 Å². The zero-order valence-corrected chi connectivity index (χ0v) is 18.9. The maximum absolute atomic E-state index is 12.9. The zero-order chi connectivity index (χ0) is 25.3. The van der Waals surface area contributed by atoms with Crippen molar-refractivity contribution >= 4 is 23.4 Å². The minimum Gasteiger partial charge on any atom is -0.370 e. The smallest absolute Gasteiger partial charge is 0.330 e. The topological polar surface area (TPSA) is 86.8 Å². The summed E-state index contributed by atoms with van der Waals surface area (Å²) in [5, 5.41) is 5.17. The fourth-order valence-corrected chi connectivity index (χ4v) is 3.45. The van der Waals surface area contributed by atoms with Gasteiger partial charge in [-0.05, 0) is 29.8 Å². The van der Waals surface area contributed by atoms with Crippen molar-refractivity contribution in [3.8, 4) is 0 Å². The lowest BCUT2D eigenvalue weighted by Crippen LogP contribution is -2.49. The Bertz CT molecular complexity index is 973. The monoisotopic (exact) mass is 497 g/mol. The zero-order valence-electron chi connectivity index (χ0n) is 18.9. The van der Waals surface area contributed by atoms with Gasteiger partial charge in [0.05, 0.1) is 6.61 Å². The second-order valence-electron chi connectivity index (χ2n) is 7.94. The number of anilines is 2. The van der Waals surface area contributed by atoms with E-state index in [2.05, 4.69) is 25.3 Å². The summed E-state index contributed by atoms with van der Waals surface area (Å²) in [6, 6.07) is 11.3. The molecular weight excluding hydrogens is 470 g/mol. The van der Waals surface area contributed by atoms with E-state index in [1.54, 1.807) is 29.3 Å². The van der Waals surface area contributed by atoms with Crippen molar-refractivity contribution in [2.45, 2.75) is 25.4 Å². The Morgan fingerprint density at radius 1 is 1.09 bits per heavy atom. The summed E-state index contributed by atoms with van der Waals surface area (Å²) >= 11 is 0. The number of aromatic nitrogens is 1. The maximum Gasteiger partial charge on any atom is 0.330 e. The molecule has 1 aromatic carbocycles. The molecule has 1 fully saturated rings. The van der Waals surface area contributed by atoms with Crippen molar-refractivity contribution in [3.05, 3.63) is 54.2 Å². The quantitative estimate of drug-likeness (QED) is 0.492. The SMILES string of the molecule is O=C(NCCC(=O)N1CCN(c2ccccn2)CC1)Nc1cccc(COCC(F)(F)C(F)F)c1. The van der Waals surface area contributed by atoms with Gasteiger partial charge in [-0.25, -0.2) is 18.6 Å². The number of hydrogen-bond donors (Lipinski definition) is 2. The molecule has 0 spiro atoms. The molecule has 1 aliphatic rings. The normalized spacial score (nSPS) is 14.2. The molecule has 190 valence electrons. The number of ether oxygens (including phenoxy) is 1. The molecule has 0 atom stereocenters. The highest BCUT2D eigenvalue weighted by molar-refractivity contribution is 5.89. The van der Waals surface area contributed by atoms with Crippen LogP contribution in [0.15, 0.2) is 48.7 Å². The lowest BCUT2D eigenvalue weighted by atomic mass is 10.2. The van der Waals surface area contributed by atoms with E-state index < -0.39 is 25.0 Å². The van der Waals surface area contributed by atoms with Gasteiger partial charge in [-0.3, -0.25) is 4.79 Å². The van der Waals surface area contributed by atoms with Crippen LogP contribution in [0, 0.1) is 0 Å². The average Bonchev–Trinajstić information content (AvgIpc) is 2.84. The lowest BCUT2D eigenvalue weighted by molar-refractivity contribution is -0.168. The maximum atomic E-state index is 12.9. The lowest BCUT2D eigenvalue weighted by Gasteiger charge is -2.35. The van der Waals surface area contributed by atoms with Crippen LogP contribution in [0.2, 0.25) is 0 Å². The van der Waals surface area contributed by atoms with Gasteiger partial charge in [0, 0.05) is 51.0 Å². The number of carbonyl (C=O) groups is 2. The van der Waals surface area contributed by atoms with Crippen molar-refractivity contribution in [1.82, 2.24) is 15.2 Å². The molecular formula is C23H27F4N5O3. The number of carbonyl (C=O) groups excluding carboxylic acids is 2. The summed E-state index contributed by atoms with van der Waals surface area (Å²) in [6.07, 6.45) is -1.93. The fourth-order valence-electron chi connectivity index (χ4n) is 3.45. The van der Waals surface area contributed by atoms with Crippen molar-refractivity contribution in [3.63, 3.8) is 0 Å². The van der Waals surface area contributed by atoms with E-state index in [9.17, 15) is 27.2 Å². The van der Waals surface area contributed by atoms with Crippen LogP contribution in [0.4, 0.5) is 33.9 Å². The third kappa shape index (κ3) is 8.09. The third-order valence-corrected chi connectivity index (χ3v) is 5.30. The first-order chi connectivity index (χ1) is 16.7. The Hall–Kier alpha value is -3.41. The van der Waals surface area contributed by atoms with Crippen LogP contribution in [-0.4, -0.2) is 73.5 Å². The fraction of sp³-hybridized carbons (Fsp3) is 0.435. The van der Waals surface area contributed by atoms with Crippen molar-refractivity contribution < 1.29 is 31.9 Å². The average molecular weight is 497 g/mol. The van der Waals surface area contributed by atoms with Crippen LogP contribution in [0.3, 0.4) is 0 Å². The Morgan fingerprint density at radius 3 is 2.54 bits per heavy atom. The molecule has 3 amide bonds. The van der Waals surface area contributed by atoms with E-state index in [0.29, 0.717) is 37.4 Å². The highest BCUT2D eigenvalue weighted by Gasteiger charge is 2.40. The summed E-state index contributed by atoms with van der Waals surface area (Å²) in [4.78, 5) is 32.7. The standard InChI is InChI=1S/C23H27F4N5O3/c24-21(25)23(26,27)16-35-15-17-4-3-5-18(14-17)30-22(34)29-9-7-20(33)32-12-10-31(11-13-32)19-6-1-2-8-28-19/h1-6,8,14,21H,7,9-13,15-16H2,(H2,29,30,34). The largest absolute Gasteiger partial charge is 0.370 e. The second kappa shape index (κ2) is 12.3. The predicted molar refractivity (Wildman–Crippen MR) is 122 cm³/mol. The Balaban J connectivity index is 1.35. The van der Waals surface area contributed by atoms with Gasteiger partial charge < -0.3 is 25.2 Å². The first-order valence-electron chi connectivity index (χ1n) is 11.1. The van der Waals surface area contributed by atoms with Crippen LogP contribution in [0.5, 0.6) is 0 Å². The number of urea groups is 1. The van der Waals surface area contributed by atoms with Gasteiger partial charge in [0.25, 0.3) is 0 Å². The molecule has 3 rings (SSSR count). The number of hydrogen-bond acceptors (Lipinski definition) is 5. The number of nitrogens with zero attached hydrogens (tertiary/aromatic N) is 3. The van der Waals surface area contributed by atoms with Gasteiger partial charge in [0.15, 0.2) is 0 Å². The van der Waals surface area contributed by atoms with E-state index >= 15 is 0 Å². The second-order valence-corrected chi connectivity index (χ2v) is 7.94. The summed E-state index contributed by atoms with van der Waals surface area (Å²) in [7, 11) is 0. The van der Waals surface area contributed by atoms with Crippen LogP contribution < -0.4 is 15.5 Å². The number of pyridine rings is 1. The van der Waals surface area contributed by atoms with Crippen LogP contribution in [-0.2, 0) is 16.1 Å². The third-order valence-electron chi connectivity index (χ3n) is 5.30. The molecule has 35 heavy (non-hydrogen) atoms. The Morgan fingerprint density at radius 2 is 1.86 bits per heavy atom. The molecule has 1 saturated heterocycles. The van der Waals surface area contributed by atoms with E-state index in [1.165, 1.54) is 6.07 Å². The number of halogens is 4. The van der Waals surface area contributed by atoms with E-state index in [4.69, 9.17) is 0 Å². The Labute approximate surface area is 200 Å². The van der Waals surface area contributed by atoms with Gasteiger partial charge >= 0.3 is 18.4 Å². The van der Waals surface area contributed by atoms with Gasteiger partial charge in [-0.2, -0.15) is 8.78 Å². The van der Waals surface area contributed by atoms with Crippen LogP contribution >= 0.6 is 0 Å². The molecule has 12 heteroatoms. The minimum absolute atomic E-state index is 0.0642. The molecule has 8 nitrogen and oxygen atoms in total. The van der Waals surface area contributed by atoms with Crippen molar-refractivity contribution in [2.24, 2.45) is 0 Å². The molecule has 0 aliphatic carbocycles. The number of piperazine rings is 1. The molecule has 0 saturated carbocycles. The molecule has 1 aliphatic heterocycles. The van der Waals surface area contributed by atoms with Gasteiger partial charge in [0.2, 0.25) is 5.91 Å². The Kier molecular flexibility index (Phi) is 9.24. The summed E-state index contributed by atoms with van der Waals surface area (Å²) in [6.45, 7) is 0.902. The van der Waals surface area contributed by atoms with Gasteiger partial charge in [-0.1, -0.05) is 18.2 Å². The number of nitrogens with one attached hydrogen (secondary N) is 2. The first-order valence-corrected chi connectivity index (χ1v) is 11.1. The van der Waals surface area contributed by atoms with Crippen molar-refractivity contribution in [1.29, 1.82) is 0 Å². The van der Waals surface area contributed by atoms with E-state index in [1.807, 2.05) is 18.2 Å². The highest BCUT2D eigenvalue weighted by Crippen LogP contribution is 2.23.